The molecule has 2 aromatic heterocycles. The van der Waals surface area contributed by atoms with E-state index in [-0.39, 0.29) is 5.91 Å². The van der Waals surface area contributed by atoms with Crippen LogP contribution in [-0.2, 0) is 13.0 Å². The molecule has 3 heterocycles. The van der Waals surface area contributed by atoms with E-state index in [1.807, 2.05) is 24.3 Å². The monoisotopic (exact) mass is 267 g/mol. The van der Waals surface area contributed by atoms with Gasteiger partial charge in [-0.2, -0.15) is 0 Å². The summed E-state index contributed by atoms with van der Waals surface area (Å²) in [5, 5.41) is 2.90. The summed E-state index contributed by atoms with van der Waals surface area (Å²) in [6, 6.07) is 5.94. The van der Waals surface area contributed by atoms with Crippen LogP contribution in [0.4, 0.5) is 0 Å². The lowest BCUT2D eigenvalue weighted by molar-refractivity contribution is 0.0945. The fourth-order valence-electron chi connectivity index (χ4n) is 2.68. The van der Waals surface area contributed by atoms with Gasteiger partial charge >= 0.3 is 0 Å². The number of aromatic nitrogens is 2. The van der Waals surface area contributed by atoms with Gasteiger partial charge in [-0.15, -0.1) is 6.58 Å². The molecule has 1 N–H and O–H groups in total. The molecule has 1 aliphatic rings. The molecule has 0 radical (unpaired) electrons. The summed E-state index contributed by atoms with van der Waals surface area (Å²) in [5.41, 5.74) is 4.09. The molecule has 0 spiro atoms. The first kappa shape index (κ1) is 12.7. The van der Waals surface area contributed by atoms with Crippen LogP contribution in [0.25, 0.3) is 11.3 Å². The van der Waals surface area contributed by atoms with Gasteiger partial charge in [-0.3, -0.25) is 9.78 Å². The molecule has 0 saturated carbocycles. The predicted molar refractivity (Wildman–Crippen MR) is 78.5 cm³/mol. The summed E-state index contributed by atoms with van der Waals surface area (Å²) >= 11 is 0. The average molecular weight is 267 g/mol. The molecule has 20 heavy (non-hydrogen) atoms. The molecule has 0 saturated heterocycles. The molecule has 0 fully saturated rings. The Kier molecular flexibility index (Phi) is 3.37. The third kappa shape index (κ3) is 2.13. The summed E-state index contributed by atoms with van der Waals surface area (Å²) in [6.07, 6.45) is 7.23. The summed E-state index contributed by atoms with van der Waals surface area (Å²) in [6.45, 7) is 5.35. The van der Waals surface area contributed by atoms with Gasteiger partial charge in [0.2, 0.25) is 0 Å². The van der Waals surface area contributed by atoms with Gasteiger partial charge in [-0.1, -0.05) is 6.08 Å². The highest BCUT2D eigenvalue weighted by Crippen LogP contribution is 2.28. The van der Waals surface area contributed by atoms with Crippen LogP contribution in [0.15, 0.2) is 43.2 Å². The largest absolute Gasteiger partial charge is 0.352 e. The first-order chi connectivity index (χ1) is 9.81. The van der Waals surface area contributed by atoms with Crippen molar-refractivity contribution in [3.8, 4) is 11.3 Å². The quantitative estimate of drug-likeness (QED) is 0.865. The third-order valence-corrected chi connectivity index (χ3v) is 3.63. The number of amides is 1. The number of hydrogen-bond acceptors (Lipinski definition) is 2. The van der Waals surface area contributed by atoms with Crippen LogP contribution in [0, 0.1) is 0 Å². The highest BCUT2D eigenvalue weighted by atomic mass is 16.1. The standard InChI is InChI=1S/C16H17N3O/c1-2-3-10-19-14-6-9-18-16(20)13(14)11-15(19)12-4-7-17-8-5-12/h2,4-5,7-8,11H,1,3,6,9-10H2,(H,18,20). The number of carbonyl (C=O) groups is 1. The van der Waals surface area contributed by atoms with Crippen LogP contribution in [0.5, 0.6) is 0 Å². The first-order valence-electron chi connectivity index (χ1n) is 6.83. The maximum Gasteiger partial charge on any atom is 0.253 e. The van der Waals surface area contributed by atoms with Crippen molar-refractivity contribution in [2.75, 3.05) is 6.54 Å². The van der Waals surface area contributed by atoms with E-state index in [1.54, 1.807) is 12.4 Å². The maximum absolute atomic E-state index is 12.0. The SMILES string of the molecule is C=CCCn1c(-c2ccncc2)cc2c1CCNC2=O. The molecule has 0 unspecified atom stereocenters. The number of nitrogens with zero attached hydrogens (tertiary/aromatic N) is 2. The van der Waals surface area contributed by atoms with Gasteiger partial charge < -0.3 is 9.88 Å². The number of allylic oxidation sites excluding steroid dienone is 1. The third-order valence-electron chi connectivity index (χ3n) is 3.63. The Bertz CT molecular complexity index is 643. The van der Waals surface area contributed by atoms with Crippen LogP contribution in [0.3, 0.4) is 0 Å². The van der Waals surface area contributed by atoms with Crippen molar-refractivity contribution >= 4 is 5.91 Å². The Morgan fingerprint density at radius 2 is 2.20 bits per heavy atom. The van der Waals surface area contributed by atoms with Gasteiger partial charge in [0.25, 0.3) is 5.91 Å². The minimum Gasteiger partial charge on any atom is -0.352 e. The Balaban J connectivity index is 2.13. The normalized spacial score (nSPS) is 13.7. The molecule has 4 nitrogen and oxygen atoms in total. The summed E-state index contributed by atoms with van der Waals surface area (Å²) in [7, 11) is 0. The zero-order valence-corrected chi connectivity index (χ0v) is 11.3. The number of rotatable bonds is 4. The minimum absolute atomic E-state index is 0.0268. The Morgan fingerprint density at radius 3 is 2.95 bits per heavy atom. The molecule has 0 atom stereocenters. The van der Waals surface area contributed by atoms with E-state index in [0.29, 0.717) is 6.54 Å². The van der Waals surface area contributed by atoms with Crippen molar-refractivity contribution in [3.63, 3.8) is 0 Å². The fourth-order valence-corrected chi connectivity index (χ4v) is 2.68. The van der Waals surface area contributed by atoms with E-state index in [1.165, 1.54) is 0 Å². The van der Waals surface area contributed by atoms with E-state index in [4.69, 9.17) is 0 Å². The van der Waals surface area contributed by atoms with Crippen LogP contribution < -0.4 is 5.32 Å². The summed E-state index contributed by atoms with van der Waals surface area (Å²) in [4.78, 5) is 16.1. The van der Waals surface area contributed by atoms with E-state index in [9.17, 15) is 4.79 Å². The summed E-state index contributed by atoms with van der Waals surface area (Å²) in [5.74, 6) is 0.0268. The van der Waals surface area contributed by atoms with Crippen LogP contribution in [-0.4, -0.2) is 22.0 Å². The second-order valence-corrected chi connectivity index (χ2v) is 4.86. The lowest BCUT2D eigenvalue weighted by Gasteiger charge is -2.17. The van der Waals surface area contributed by atoms with Crippen LogP contribution >= 0.6 is 0 Å². The zero-order valence-electron chi connectivity index (χ0n) is 11.3. The van der Waals surface area contributed by atoms with Gasteiger partial charge in [0.05, 0.1) is 5.56 Å². The maximum atomic E-state index is 12.0. The predicted octanol–water partition coefficient (Wildman–Crippen LogP) is 2.41. The second-order valence-electron chi connectivity index (χ2n) is 4.86. The van der Waals surface area contributed by atoms with Crippen molar-refractivity contribution < 1.29 is 4.79 Å². The molecule has 102 valence electrons. The molecule has 0 bridgehead atoms. The topological polar surface area (TPSA) is 46.9 Å². The molecule has 4 heteroatoms. The lowest BCUT2D eigenvalue weighted by atomic mass is 10.1. The molecule has 3 rings (SSSR count). The van der Waals surface area contributed by atoms with Crippen LogP contribution in [0.1, 0.15) is 22.5 Å². The van der Waals surface area contributed by atoms with Gasteiger partial charge in [-0.05, 0) is 24.6 Å². The van der Waals surface area contributed by atoms with Gasteiger partial charge in [0.15, 0.2) is 0 Å². The number of pyridine rings is 1. The van der Waals surface area contributed by atoms with Crippen LogP contribution in [0.2, 0.25) is 0 Å². The Morgan fingerprint density at radius 1 is 1.40 bits per heavy atom. The van der Waals surface area contributed by atoms with Crippen molar-refractivity contribution in [2.45, 2.75) is 19.4 Å². The highest BCUT2D eigenvalue weighted by molar-refractivity contribution is 5.98. The van der Waals surface area contributed by atoms with E-state index in [2.05, 4.69) is 21.4 Å². The van der Waals surface area contributed by atoms with Gasteiger partial charge in [0, 0.05) is 48.9 Å². The molecule has 0 aliphatic carbocycles. The number of fused-ring (bicyclic) bond motifs is 1. The zero-order chi connectivity index (χ0) is 13.9. The van der Waals surface area contributed by atoms with E-state index < -0.39 is 0 Å². The number of carbonyl (C=O) groups excluding carboxylic acids is 1. The van der Waals surface area contributed by atoms with Crippen molar-refractivity contribution in [1.82, 2.24) is 14.9 Å². The molecular formula is C16H17N3O. The van der Waals surface area contributed by atoms with Crippen molar-refractivity contribution in [3.05, 3.63) is 54.5 Å². The van der Waals surface area contributed by atoms with E-state index >= 15 is 0 Å². The van der Waals surface area contributed by atoms with Crippen molar-refractivity contribution in [1.29, 1.82) is 0 Å². The fraction of sp³-hybridized carbons (Fsp3) is 0.250. The first-order valence-corrected chi connectivity index (χ1v) is 6.83. The Hall–Kier alpha value is -2.36. The molecule has 1 aliphatic heterocycles. The molecule has 2 aromatic rings. The van der Waals surface area contributed by atoms with Gasteiger partial charge in [-0.25, -0.2) is 0 Å². The second kappa shape index (κ2) is 5.33. The van der Waals surface area contributed by atoms with E-state index in [0.717, 1.165) is 41.9 Å². The summed E-state index contributed by atoms with van der Waals surface area (Å²) < 4.78 is 2.24. The van der Waals surface area contributed by atoms with Crippen molar-refractivity contribution in [2.24, 2.45) is 0 Å². The molecule has 0 aromatic carbocycles. The minimum atomic E-state index is 0.0268. The average Bonchev–Trinajstić information content (AvgIpc) is 2.86. The Labute approximate surface area is 118 Å². The number of hydrogen-bond donors (Lipinski definition) is 1. The molecule has 1 amide bonds. The van der Waals surface area contributed by atoms with Gasteiger partial charge in [0.1, 0.15) is 0 Å². The highest BCUT2D eigenvalue weighted by Gasteiger charge is 2.23. The number of nitrogens with one attached hydrogen (secondary N) is 1. The molecular weight excluding hydrogens is 250 g/mol. The smallest absolute Gasteiger partial charge is 0.253 e. The lowest BCUT2D eigenvalue weighted by Crippen LogP contribution is -2.32.